The maximum absolute atomic E-state index is 12.7. The Morgan fingerprint density at radius 1 is 1.29 bits per heavy atom. The van der Waals surface area contributed by atoms with E-state index in [4.69, 9.17) is 25.8 Å². The van der Waals surface area contributed by atoms with E-state index in [0.717, 1.165) is 5.56 Å². The Kier molecular flexibility index (Phi) is 6.15. The molecule has 6 N–H and O–H groups in total. The first kappa shape index (κ1) is 21.7. The standard InChI is InChI=1S/C22H25N5O4/c1-22(2)12-16-17(30-15-6-4-13(5-7-15)20(24)27-29)10-14(11-18(16)31-22)21(28)26-19(23)8-9-25-3/h4-11,25,29H,12H2,1-3H3,(H2,24,27)(H2,23,26,28)/b9-8-. The number of oxime groups is 1. The molecule has 1 heterocycles. The lowest BCUT2D eigenvalue weighted by atomic mass is 9.99. The van der Waals surface area contributed by atoms with Gasteiger partial charge in [-0.3, -0.25) is 10.2 Å². The Morgan fingerprint density at radius 2 is 2.00 bits per heavy atom. The Labute approximate surface area is 180 Å². The minimum Gasteiger partial charge on any atom is -0.487 e. The summed E-state index contributed by atoms with van der Waals surface area (Å²) in [6, 6.07) is 9.99. The number of carbonyl (C=O) groups is 1. The second kappa shape index (κ2) is 8.78. The molecule has 31 heavy (non-hydrogen) atoms. The van der Waals surface area contributed by atoms with Gasteiger partial charge >= 0.3 is 0 Å². The van der Waals surface area contributed by atoms with Crippen molar-refractivity contribution in [2.45, 2.75) is 25.9 Å². The maximum atomic E-state index is 12.7. The highest BCUT2D eigenvalue weighted by Crippen LogP contribution is 2.42. The SMILES string of the molecule is CN/C=C\C(=N)NC(=O)c1cc(Oc2ccc(C(N)=NO)cc2)c2c(c1)OC(C)(C)C2. The number of benzene rings is 2. The zero-order valence-electron chi connectivity index (χ0n) is 17.5. The highest BCUT2D eigenvalue weighted by Gasteiger charge is 2.34. The van der Waals surface area contributed by atoms with Gasteiger partial charge in [-0.25, -0.2) is 0 Å². The van der Waals surface area contributed by atoms with Crippen LogP contribution < -0.4 is 25.8 Å². The van der Waals surface area contributed by atoms with Crippen molar-refractivity contribution in [3.05, 3.63) is 65.4 Å². The van der Waals surface area contributed by atoms with Crippen LogP contribution in [0.5, 0.6) is 17.2 Å². The van der Waals surface area contributed by atoms with Gasteiger partial charge in [-0.2, -0.15) is 0 Å². The third-order valence-electron chi connectivity index (χ3n) is 4.57. The van der Waals surface area contributed by atoms with E-state index < -0.39 is 11.5 Å². The second-order valence-corrected chi connectivity index (χ2v) is 7.59. The van der Waals surface area contributed by atoms with Gasteiger partial charge in [0, 0.05) is 30.2 Å². The van der Waals surface area contributed by atoms with Crippen molar-refractivity contribution in [2.75, 3.05) is 7.05 Å². The number of nitrogens with two attached hydrogens (primary N) is 1. The highest BCUT2D eigenvalue weighted by atomic mass is 16.5. The molecule has 0 aromatic heterocycles. The summed E-state index contributed by atoms with van der Waals surface area (Å²) in [6.07, 6.45) is 3.59. The Hall–Kier alpha value is -4.01. The van der Waals surface area contributed by atoms with Gasteiger partial charge in [0.2, 0.25) is 0 Å². The summed E-state index contributed by atoms with van der Waals surface area (Å²) in [5, 5.41) is 24.9. The number of nitrogens with one attached hydrogen (secondary N) is 3. The molecule has 0 spiro atoms. The maximum Gasteiger partial charge on any atom is 0.257 e. The average molecular weight is 423 g/mol. The molecule has 0 fully saturated rings. The smallest absolute Gasteiger partial charge is 0.257 e. The zero-order chi connectivity index (χ0) is 22.6. The van der Waals surface area contributed by atoms with Gasteiger partial charge in [0.25, 0.3) is 5.91 Å². The first-order valence-electron chi connectivity index (χ1n) is 9.58. The Morgan fingerprint density at radius 3 is 2.65 bits per heavy atom. The van der Waals surface area contributed by atoms with E-state index in [1.54, 1.807) is 49.6 Å². The van der Waals surface area contributed by atoms with Gasteiger partial charge in [0.1, 0.15) is 28.7 Å². The first-order chi connectivity index (χ1) is 14.7. The van der Waals surface area contributed by atoms with Gasteiger partial charge in [0.05, 0.1) is 0 Å². The van der Waals surface area contributed by atoms with E-state index >= 15 is 0 Å². The van der Waals surface area contributed by atoms with Crippen LogP contribution in [-0.2, 0) is 6.42 Å². The van der Waals surface area contributed by atoms with Crippen molar-refractivity contribution in [1.29, 1.82) is 5.41 Å². The van der Waals surface area contributed by atoms with Crippen LogP contribution in [0.25, 0.3) is 0 Å². The van der Waals surface area contributed by atoms with Crippen molar-refractivity contribution in [3.8, 4) is 17.2 Å². The first-order valence-corrected chi connectivity index (χ1v) is 9.58. The second-order valence-electron chi connectivity index (χ2n) is 7.59. The molecule has 9 nitrogen and oxygen atoms in total. The van der Waals surface area contributed by atoms with Crippen molar-refractivity contribution < 1.29 is 19.5 Å². The number of hydrogen-bond donors (Lipinski definition) is 5. The number of carbonyl (C=O) groups excluding carboxylic acids is 1. The minimum atomic E-state index is -0.450. The van der Waals surface area contributed by atoms with Crippen molar-refractivity contribution in [1.82, 2.24) is 10.6 Å². The van der Waals surface area contributed by atoms with Crippen LogP contribution in [0.15, 0.2) is 53.8 Å². The summed E-state index contributed by atoms with van der Waals surface area (Å²) in [4.78, 5) is 12.7. The molecular formula is C22H25N5O4. The van der Waals surface area contributed by atoms with Crippen LogP contribution in [0.2, 0.25) is 0 Å². The van der Waals surface area contributed by atoms with Crippen LogP contribution in [0.3, 0.4) is 0 Å². The van der Waals surface area contributed by atoms with Gasteiger partial charge in [-0.05, 0) is 62.5 Å². The summed E-state index contributed by atoms with van der Waals surface area (Å²) < 4.78 is 12.1. The van der Waals surface area contributed by atoms with E-state index in [-0.39, 0.29) is 11.7 Å². The largest absolute Gasteiger partial charge is 0.487 e. The molecule has 1 aliphatic heterocycles. The molecule has 9 heteroatoms. The number of fused-ring (bicyclic) bond motifs is 1. The molecular weight excluding hydrogens is 398 g/mol. The molecule has 2 aromatic rings. The molecule has 3 rings (SSSR count). The van der Waals surface area contributed by atoms with Crippen molar-refractivity contribution in [3.63, 3.8) is 0 Å². The molecule has 0 radical (unpaired) electrons. The topological polar surface area (TPSA) is 142 Å². The molecule has 0 saturated carbocycles. The lowest BCUT2D eigenvalue weighted by Crippen LogP contribution is -2.28. The highest BCUT2D eigenvalue weighted by molar-refractivity contribution is 6.09. The van der Waals surface area contributed by atoms with E-state index in [1.807, 2.05) is 13.8 Å². The molecule has 0 bridgehead atoms. The molecule has 162 valence electrons. The Bertz CT molecular complexity index is 1060. The molecule has 1 aliphatic rings. The van der Waals surface area contributed by atoms with Crippen molar-refractivity contribution >= 4 is 17.6 Å². The number of nitrogens with zero attached hydrogens (tertiary/aromatic N) is 1. The summed E-state index contributed by atoms with van der Waals surface area (Å²) >= 11 is 0. The third kappa shape index (κ3) is 5.13. The molecule has 0 saturated heterocycles. The zero-order valence-corrected chi connectivity index (χ0v) is 17.5. The molecule has 0 aliphatic carbocycles. The normalized spacial score (nSPS) is 14.6. The third-order valence-corrected chi connectivity index (χ3v) is 4.57. The lowest BCUT2D eigenvalue weighted by Gasteiger charge is -2.16. The number of hydrogen-bond acceptors (Lipinski definition) is 7. The predicted molar refractivity (Wildman–Crippen MR) is 117 cm³/mol. The van der Waals surface area contributed by atoms with E-state index in [0.29, 0.717) is 34.8 Å². The van der Waals surface area contributed by atoms with Crippen LogP contribution in [-0.4, -0.2) is 35.4 Å². The molecule has 0 atom stereocenters. The average Bonchev–Trinajstić information content (AvgIpc) is 3.06. The van der Waals surface area contributed by atoms with Crippen LogP contribution in [0.1, 0.15) is 35.3 Å². The summed E-state index contributed by atoms with van der Waals surface area (Å²) in [5.41, 5.74) is 6.87. The minimum absolute atomic E-state index is 0.00368. The monoisotopic (exact) mass is 423 g/mol. The van der Waals surface area contributed by atoms with E-state index in [2.05, 4.69) is 15.8 Å². The molecule has 2 aromatic carbocycles. The van der Waals surface area contributed by atoms with E-state index in [9.17, 15) is 4.79 Å². The van der Waals surface area contributed by atoms with Crippen LogP contribution in [0, 0.1) is 5.41 Å². The van der Waals surface area contributed by atoms with Gasteiger partial charge in [-0.1, -0.05) is 5.16 Å². The van der Waals surface area contributed by atoms with E-state index in [1.165, 1.54) is 6.08 Å². The van der Waals surface area contributed by atoms with Gasteiger partial charge < -0.3 is 31.0 Å². The molecule has 1 amide bonds. The number of amidine groups is 2. The molecule has 0 unspecified atom stereocenters. The number of rotatable bonds is 6. The quantitative estimate of drug-likeness (QED) is 0.209. The number of amides is 1. The summed E-state index contributed by atoms with van der Waals surface area (Å²) in [6.45, 7) is 3.92. The lowest BCUT2D eigenvalue weighted by molar-refractivity contribution is 0.0975. The van der Waals surface area contributed by atoms with Gasteiger partial charge in [0.15, 0.2) is 5.84 Å². The van der Waals surface area contributed by atoms with Gasteiger partial charge in [-0.15, -0.1) is 0 Å². The van der Waals surface area contributed by atoms with Crippen LogP contribution in [0.4, 0.5) is 0 Å². The number of ether oxygens (including phenoxy) is 2. The summed E-state index contributed by atoms with van der Waals surface area (Å²) in [7, 11) is 1.70. The summed E-state index contributed by atoms with van der Waals surface area (Å²) in [5.74, 6) is 1.07. The fraction of sp³-hybridized carbons (Fsp3) is 0.227. The Balaban J connectivity index is 1.91. The predicted octanol–water partition coefficient (Wildman–Crippen LogP) is 2.73. The fourth-order valence-corrected chi connectivity index (χ4v) is 3.15. The van der Waals surface area contributed by atoms with Crippen LogP contribution >= 0.6 is 0 Å². The van der Waals surface area contributed by atoms with Crippen molar-refractivity contribution in [2.24, 2.45) is 10.9 Å². The fourth-order valence-electron chi connectivity index (χ4n) is 3.15.